The Morgan fingerprint density at radius 3 is 3.17 bits per heavy atom. The SMILES string of the molecule is C[C@H]1CCCN(C(=O)CSc2ncnc3sc4c(c23)CCC4)C1. The lowest BCUT2D eigenvalue weighted by Gasteiger charge is -2.30. The average molecular weight is 348 g/mol. The zero-order valence-corrected chi connectivity index (χ0v) is 15.0. The molecule has 122 valence electrons. The van der Waals surface area contributed by atoms with E-state index in [9.17, 15) is 4.79 Å². The first kappa shape index (κ1) is 15.4. The number of likely N-dealkylation sites (tertiary alicyclic amines) is 1. The van der Waals surface area contributed by atoms with Crippen LogP contribution in [0.2, 0.25) is 0 Å². The normalized spacial score (nSPS) is 20.9. The lowest BCUT2D eigenvalue weighted by Crippen LogP contribution is -2.40. The van der Waals surface area contributed by atoms with Crippen molar-refractivity contribution in [3.8, 4) is 0 Å². The van der Waals surface area contributed by atoms with Crippen molar-refractivity contribution < 1.29 is 4.79 Å². The van der Waals surface area contributed by atoms with E-state index in [2.05, 4.69) is 16.9 Å². The minimum absolute atomic E-state index is 0.250. The molecule has 1 aliphatic heterocycles. The van der Waals surface area contributed by atoms with Gasteiger partial charge in [-0.05, 0) is 43.6 Å². The molecule has 0 bridgehead atoms. The summed E-state index contributed by atoms with van der Waals surface area (Å²) in [5.74, 6) is 1.37. The van der Waals surface area contributed by atoms with E-state index in [1.165, 1.54) is 35.1 Å². The second-order valence-electron chi connectivity index (χ2n) is 6.59. The van der Waals surface area contributed by atoms with E-state index in [0.717, 1.165) is 35.8 Å². The van der Waals surface area contributed by atoms with Gasteiger partial charge in [-0.1, -0.05) is 18.7 Å². The van der Waals surface area contributed by atoms with E-state index in [0.29, 0.717) is 11.7 Å². The van der Waals surface area contributed by atoms with Crippen LogP contribution < -0.4 is 0 Å². The molecule has 1 atom stereocenters. The molecule has 0 unspecified atom stereocenters. The molecule has 4 rings (SSSR count). The van der Waals surface area contributed by atoms with Crippen molar-refractivity contribution in [1.29, 1.82) is 0 Å². The van der Waals surface area contributed by atoms with Crippen LogP contribution in [0.25, 0.3) is 10.2 Å². The minimum atomic E-state index is 0.250. The highest BCUT2D eigenvalue weighted by atomic mass is 32.2. The predicted octanol–water partition coefficient (Wildman–Crippen LogP) is 3.53. The Morgan fingerprint density at radius 1 is 1.39 bits per heavy atom. The largest absolute Gasteiger partial charge is 0.342 e. The van der Waals surface area contributed by atoms with Gasteiger partial charge in [-0.2, -0.15) is 0 Å². The molecule has 2 aromatic rings. The summed E-state index contributed by atoms with van der Waals surface area (Å²) in [7, 11) is 0. The fraction of sp³-hybridized carbons (Fsp3) is 0.588. The Bertz CT molecular complexity index is 743. The Morgan fingerprint density at radius 2 is 2.30 bits per heavy atom. The van der Waals surface area contributed by atoms with Gasteiger partial charge in [0.05, 0.1) is 5.75 Å². The third-order valence-electron chi connectivity index (χ3n) is 4.81. The lowest BCUT2D eigenvalue weighted by atomic mass is 10.0. The van der Waals surface area contributed by atoms with Crippen LogP contribution in [-0.2, 0) is 17.6 Å². The molecule has 1 saturated heterocycles. The summed E-state index contributed by atoms with van der Waals surface area (Å²) in [5.41, 5.74) is 1.44. The van der Waals surface area contributed by atoms with Crippen LogP contribution in [-0.4, -0.2) is 39.6 Å². The highest BCUT2D eigenvalue weighted by Gasteiger charge is 2.24. The zero-order valence-electron chi connectivity index (χ0n) is 13.4. The maximum absolute atomic E-state index is 12.5. The molecule has 0 saturated carbocycles. The standard InChI is InChI=1S/C17H21N3OS2/c1-11-4-3-7-20(8-11)14(21)9-22-16-15-12-5-2-6-13(12)23-17(15)19-10-18-16/h10-11H,2-9H2,1H3/t11-/m0/s1. The number of carbonyl (C=O) groups is 1. The molecule has 4 nitrogen and oxygen atoms in total. The van der Waals surface area contributed by atoms with Crippen molar-refractivity contribution in [2.45, 2.75) is 44.1 Å². The third-order valence-corrected chi connectivity index (χ3v) is 6.98. The van der Waals surface area contributed by atoms with Gasteiger partial charge in [0.25, 0.3) is 0 Å². The minimum Gasteiger partial charge on any atom is -0.342 e. The van der Waals surface area contributed by atoms with Gasteiger partial charge < -0.3 is 4.90 Å². The molecule has 0 N–H and O–H groups in total. The maximum Gasteiger partial charge on any atom is 0.232 e. The van der Waals surface area contributed by atoms with Gasteiger partial charge >= 0.3 is 0 Å². The molecule has 0 aromatic carbocycles. The smallest absolute Gasteiger partial charge is 0.232 e. The van der Waals surface area contributed by atoms with Gasteiger partial charge in [-0.15, -0.1) is 11.3 Å². The summed E-state index contributed by atoms with van der Waals surface area (Å²) in [6, 6.07) is 0. The molecule has 2 aliphatic rings. The summed E-state index contributed by atoms with van der Waals surface area (Å²) in [4.78, 5) is 26.0. The third kappa shape index (κ3) is 2.98. The number of nitrogens with zero attached hydrogens (tertiary/aromatic N) is 3. The Labute approximate surface area is 144 Å². The first-order chi connectivity index (χ1) is 11.2. The lowest BCUT2D eigenvalue weighted by molar-refractivity contribution is -0.130. The van der Waals surface area contributed by atoms with Crippen molar-refractivity contribution in [1.82, 2.24) is 14.9 Å². The predicted molar refractivity (Wildman–Crippen MR) is 95.1 cm³/mol. The van der Waals surface area contributed by atoms with Crippen molar-refractivity contribution >= 4 is 39.2 Å². The van der Waals surface area contributed by atoms with Crippen LogP contribution in [0.4, 0.5) is 0 Å². The molecule has 23 heavy (non-hydrogen) atoms. The summed E-state index contributed by atoms with van der Waals surface area (Å²) in [6.07, 6.45) is 7.56. The van der Waals surface area contributed by atoms with Crippen LogP contribution >= 0.6 is 23.1 Å². The number of fused-ring (bicyclic) bond motifs is 3. The quantitative estimate of drug-likeness (QED) is 0.629. The number of hydrogen-bond donors (Lipinski definition) is 0. The first-order valence-corrected chi connectivity index (χ1v) is 10.2. The number of carbonyl (C=O) groups excluding carboxylic acids is 1. The number of hydrogen-bond acceptors (Lipinski definition) is 5. The van der Waals surface area contributed by atoms with Crippen LogP contribution in [0.1, 0.15) is 36.6 Å². The zero-order chi connectivity index (χ0) is 15.8. The number of aromatic nitrogens is 2. The summed E-state index contributed by atoms with van der Waals surface area (Å²) in [6.45, 7) is 4.05. The van der Waals surface area contributed by atoms with Crippen LogP contribution in [0.5, 0.6) is 0 Å². The highest BCUT2D eigenvalue weighted by molar-refractivity contribution is 8.00. The number of thioether (sulfide) groups is 1. The summed E-state index contributed by atoms with van der Waals surface area (Å²) < 4.78 is 0. The average Bonchev–Trinajstić information content (AvgIpc) is 3.13. The Balaban J connectivity index is 1.51. The topological polar surface area (TPSA) is 46.1 Å². The second kappa shape index (κ2) is 6.40. The molecular weight excluding hydrogens is 326 g/mol. The number of aryl methyl sites for hydroxylation is 2. The summed E-state index contributed by atoms with van der Waals surface area (Å²) in [5, 5.41) is 2.21. The van der Waals surface area contributed by atoms with E-state index in [1.807, 2.05) is 4.90 Å². The van der Waals surface area contributed by atoms with Crippen molar-refractivity contribution in [2.75, 3.05) is 18.8 Å². The summed E-state index contributed by atoms with van der Waals surface area (Å²) >= 11 is 3.39. The van der Waals surface area contributed by atoms with Gasteiger partial charge in [-0.25, -0.2) is 9.97 Å². The fourth-order valence-electron chi connectivity index (χ4n) is 3.65. The molecule has 1 aliphatic carbocycles. The van der Waals surface area contributed by atoms with Crippen LogP contribution in [0.15, 0.2) is 11.4 Å². The number of thiophene rings is 1. The fourth-order valence-corrected chi connectivity index (χ4v) is 5.87. The van der Waals surface area contributed by atoms with Crippen LogP contribution in [0.3, 0.4) is 0 Å². The van der Waals surface area contributed by atoms with E-state index in [-0.39, 0.29) is 5.91 Å². The van der Waals surface area contributed by atoms with Crippen LogP contribution in [0, 0.1) is 5.92 Å². The molecule has 2 aromatic heterocycles. The van der Waals surface area contributed by atoms with Crippen molar-refractivity contribution in [3.05, 3.63) is 16.8 Å². The molecule has 0 radical (unpaired) electrons. The molecule has 0 spiro atoms. The molecule has 1 fully saturated rings. The number of rotatable bonds is 3. The van der Waals surface area contributed by atoms with Gasteiger partial charge in [0.2, 0.25) is 5.91 Å². The Hall–Kier alpha value is -1.14. The van der Waals surface area contributed by atoms with Gasteiger partial charge in [0.1, 0.15) is 16.2 Å². The molecule has 1 amide bonds. The number of amides is 1. The number of piperidine rings is 1. The van der Waals surface area contributed by atoms with E-state index >= 15 is 0 Å². The van der Waals surface area contributed by atoms with Crippen molar-refractivity contribution in [3.63, 3.8) is 0 Å². The van der Waals surface area contributed by atoms with Gasteiger partial charge in [-0.3, -0.25) is 4.79 Å². The van der Waals surface area contributed by atoms with Crippen molar-refractivity contribution in [2.24, 2.45) is 5.92 Å². The molecule has 3 heterocycles. The monoisotopic (exact) mass is 347 g/mol. The molecule has 6 heteroatoms. The van der Waals surface area contributed by atoms with Gasteiger partial charge in [0.15, 0.2) is 0 Å². The van der Waals surface area contributed by atoms with E-state index in [4.69, 9.17) is 0 Å². The van der Waals surface area contributed by atoms with E-state index < -0.39 is 0 Å². The Kier molecular flexibility index (Phi) is 4.28. The van der Waals surface area contributed by atoms with E-state index in [1.54, 1.807) is 29.4 Å². The molecular formula is C17H21N3OS2. The second-order valence-corrected chi connectivity index (χ2v) is 8.64. The highest BCUT2D eigenvalue weighted by Crippen LogP contribution is 2.40. The first-order valence-electron chi connectivity index (χ1n) is 8.38. The maximum atomic E-state index is 12.5. The van der Waals surface area contributed by atoms with Gasteiger partial charge in [0, 0.05) is 23.4 Å².